The monoisotopic (exact) mass is 286 g/mol. The summed E-state index contributed by atoms with van der Waals surface area (Å²) < 4.78 is 2.03. The number of aromatic nitrogens is 2. The number of aliphatic hydroxyl groups excluding tert-OH is 1. The zero-order valence-corrected chi connectivity index (χ0v) is 13.5. The van der Waals surface area contributed by atoms with Gasteiger partial charge in [0.1, 0.15) is 0 Å². The van der Waals surface area contributed by atoms with E-state index >= 15 is 0 Å². The van der Waals surface area contributed by atoms with Crippen LogP contribution in [-0.2, 0) is 6.42 Å². The first kappa shape index (κ1) is 15.8. The molecule has 1 aromatic carbocycles. The molecule has 0 aliphatic carbocycles. The van der Waals surface area contributed by atoms with E-state index in [9.17, 15) is 5.11 Å². The third kappa shape index (κ3) is 3.53. The van der Waals surface area contributed by atoms with E-state index in [1.54, 1.807) is 0 Å². The van der Waals surface area contributed by atoms with E-state index in [4.69, 9.17) is 0 Å². The highest BCUT2D eigenvalue weighted by Crippen LogP contribution is 2.24. The van der Waals surface area contributed by atoms with Gasteiger partial charge < -0.3 is 5.11 Å². The van der Waals surface area contributed by atoms with Gasteiger partial charge in [-0.25, -0.2) is 0 Å². The molecule has 114 valence electrons. The Morgan fingerprint density at radius 1 is 1.14 bits per heavy atom. The highest BCUT2D eigenvalue weighted by molar-refractivity contribution is 5.35. The fourth-order valence-electron chi connectivity index (χ4n) is 2.80. The van der Waals surface area contributed by atoms with Crippen LogP contribution in [0.1, 0.15) is 61.2 Å². The maximum absolute atomic E-state index is 10.5. The van der Waals surface area contributed by atoms with Crippen molar-refractivity contribution in [1.82, 2.24) is 9.78 Å². The summed E-state index contributed by atoms with van der Waals surface area (Å²) in [6.07, 6.45) is 4.27. The SMILES string of the molecule is CCC(CC)n1ccc(CC(O)c2cccc(C)c2C)n1. The van der Waals surface area contributed by atoms with E-state index in [0.29, 0.717) is 12.5 Å². The molecule has 1 N–H and O–H groups in total. The molecule has 1 atom stereocenters. The van der Waals surface area contributed by atoms with Crippen LogP contribution < -0.4 is 0 Å². The molecule has 0 spiro atoms. The van der Waals surface area contributed by atoms with Crippen LogP contribution in [-0.4, -0.2) is 14.9 Å². The maximum atomic E-state index is 10.5. The number of rotatable bonds is 6. The molecule has 3 heteroatoms. The number of hydrogen-bond donors (Lipinski definition) is 1. The van der Waals surface area contributed by atoms with E-state index in [2.05, 4.69) is 38.9 Å². The lowest BCUT2D eigenvalue weighted by Crippen LogP contribution is -2.09. The minimum Gasteiger partial charge on any atom is -0.388 e. The van der Waals surface area contributed by atoms with Crippen LogP contribution in [0.3, 0.4) is 0 Å². The first-order chi connectivity index (χ1) is 10.1. The summed E-state index contributed by atoms with van der Waals surface area (Å²) in [5.41, 5.74) is 4.35. The molecule has 0 aliphatic heterocycles. The third-order valence-corrected chi connectivity index (χ3v) is 4.39. The van der Waals surface area contributed by atoms with Crippen molar-refractivity contribution in [3.8, 4) is 0 Å². The molecule has 1 aromatic heterocycles. The summed E-state index contributed by atoms with van der Waals surface area (Å²) in [7, 11) is 0. The Morgan fingerprint density at radius 2 is 1.86 bits per heavy atom. The lowest BCUT2D eigenvalue weighted by Gasteiger charge is -2.15. The lowest BCUT2D eigenvalue weighted by molar-refractivity contribution is 0.176. The lowest BCUT2D eigenvalue weighted by atomic mass is 9.97. The van der Waals surface area contributed by atoms with Gasteiger partial charge in [-0.2, -0.15) is 5.10 Å². The molecular weight excluding hydrogens is 260 g/mol. The van der Waals surface area contributed by atoms with Gasteiger partial charge >= 0.3 is 0 Å². The normalized spacial score (nSPS) is 12.9. The molecule has 0 fully saturated rings. The molecule has 0 amide bonds. The Balaban J connectivity index is 2.13. The van der Waals surface area contributed by atoms with Crippen molar-refractivity contribution in [2.75, 3.05) is 0 Å². The summed E-state index contributed by atoms with van der Waals surface area (Å²) in [5.74, 6) is 0. The van der Waals surface area contributed by atoms with E-state index in [1.807, 2.05) is 29.1 Å². The van der Waals surface area contributed by atoms with Gasteiger partial charge in [0.25, 0.3) is 0 Å². The van der Waals surface area contributed by atoms with Gasteiger partial charge in [-0.3, -0.25) is 4.68 Å². The van der Waals surface area contributed by atoms with Crippen molar-refractivity contribution in [3.63, 3.8) is 0 Å². The molecule has 1 unspecified atom stereocenters. The summed E-state index contributed by atoms with van der Waals surface area (Å²) in [6, 6.07) is 8.56. The molecule has 0 saturated carbocycles. The molecular formula is C18H26N2O. The Hall–Kier alpha value is -1.61. The van der Waals surface area contributed by atoms with Gasteiger partial charge in [-0.1, -0.05) is 32.0 Å². The predicted octanol–water partition coefficient (Wildman–Crippen LogP) is 4.14. The van der Waals surface area contributed by atoms with E-state index in [0.717, 1.165) is 24.1 Å². The smallest absolute Gasteiger partial charge is 0.0848 e. The maximum Gasteiger partial charge on any atom is 0.0848 e. The summed E-state index contributed by atoms with van der Waals surface area (Å²) in [6.45, 7) is 8.50. The zero-order valence-electron chi connectivity index (χ0n) is 13.5. The number of nitrogens with zero attached hydrogens (tertiary/aromatic N) is 2. The molecule has 0 aliphatic rings. The van der Waals surface area contributed by atoms with Crippen LogP contribution in [0.4, 0.5) is 0 Å². The Kier molecular flexibility index (Phi) is 5.18. The van der Waals surface area contributed by atoms with Gasteiger partial charge in [0.15, 0.2) is 0 Å². The minimum absolute atomic E-state index is 0.455. The van der Waals surface area contributed by atoms with E-state index in [1.165, 1.54) is 11.1 Å². The van der Waals surface area contributed by atoms with E-state index < -0.39 is 6.10 Å². The summed E-state index contributed by atoms with van der Waals surface area (Å²) in [5, 5.41) is 15.1. The van der Waals surface area contributed by atoms with Crippen LogP contribution in [0.25, 0.3) is 0 Å². The largest absolute Gasteiger partial charge is 0.388 e. The van der Waals surface area contributed by atoms with Crippen LogP contribution in [0, 0.1) is 13.8 Å². The number of benzene rings is 1. The predicted molar refractivity (Wildman–Crippen MR) is 86.4 cm³/mol. The van der Waals surface area contributed by atoms with Gasteiger partial charge in [-0.15, -0.1) is 0 Å². The third-order valence-electron chi connectivity index (χ3n) is 4.39. The number of aliphatic hydroxyl groups is 1. The molecule has 2 rings (SSSR count). The average Bonchev–Trinajstić information content (AvgIpc) is 2.91. The minimum atomic E-state index is -0.491. The second kappa shape index (κ2) is 6.90. The second-order valence-corrected chi connectivity index (χ2v) is 5.77. The van der Waals surface area contributed by atoms with Crippen LogP contribution in [0.2, 0.25) is 0 Å². The zero-order chi connectivity index (χ0) is 15.4. The van der Waals surface area contributed by atoms with Crippen molar-refractivity contribution in [2.45, 2.75) is 59.1 Å². The molecule has 1 heterocycles. The molecule has 0 saturated heterocycles. The van der Waals surface area contributed by atoms with Crippen molar-refractivity contribution >= 4 is 0 Å². The molecule has 0 radical (unpaired) electrons. The standard InChI is InChI=1S/C18H26N2O/c1-5-16(6-2)20-11-10-15(19-20)12-18(21)17-9-7-8-13(3)14(17)4/h7-11,16,18,21H,5-6,12H2,1-4H3. The summed E-state index contributed by atoms with van der Waals surface area (Å²) >= 11 is 0. The van der Waals surface area contributed by atoms with Crippen LogP contribution in [0.5, 0.6) is 0 Å². The summed E-state index contributed by atoms with van der Waals surface area (Å²) in [4.78, 5) is 0. The molecule has 0 bridgehead atoms. The highest BCUT2D eigenvalue weighted by Gasteiger charge is 2.15. The van der Waals surface area contributed by atoms with Gasteiger partial charge in [-0.05, 0) is 49.4 Å². The molecule has 3 nitrogen and oxygen atoms in total. The van der Waals surface area contributed by atoms with E-state index in [-0.39, 0.29) is 0 Å². The second-order valence-electron chi connectivity index (χ2n) is 5.77. The topological polar surface area (TPSA) is 38.0 Å². The fourth-order valence-corrected chi connectivity index (χ4v) is 2.80. The van der Waals surface area contributed by atoms with Crippen molar-refractivity contribution in [2.24, 2.45) is 0 Å². The Bertz CT molecular complexity index is 585. The average molecular weight is 286 g/mol. The van der Waals surface area contributed by atoms with Crippen LogP contribution >= 0.6 is 0 Å². The Labute approximate surface area is 127 Å². The van der Waals surface area contributed by atoms with Gasteiger partial charge in [0.05, 0.1) is 17.8 Å². The van der Waals surface area contributed by atoms with Gasteiger partial charge in [0, 0.05) is 12.6 Å². The van der Waals surface area contributed by atoms with Crippen LogP contribution in [0.15, 0.2) is 30.5 Å². The first-order valence-electron chi connectivity index (χ1n) is 7.85. The van der Waals surface area contributed by atoms with Crippen molar-refractivity contribution < 1.29 is 5.11 Å². The van der Waals surface area contributed by atoms with Crippen molar-refractivity contribution in [1.29, 1.82) is 0 Å². The fraction of sp³-hybridized carbons (Fsp3) is 0.500. The number of aryl methyl sites for hydroxylation is 1. The number of hydrogen-bond acceptors (Lipinski definition) is 2. The first-order valence-corrected chi connectivity index (χ1v) is 7.85. The molecule has 21 heavy (non-hydrogen) atoms. The highest BCUT2D eigenvalue weighted by atomic mass is 16.3. The quantitative estimate of drug-likeness (QED) is 0.866. The van der Waals surface area contributed by atoms with Gasteiger partial charge in [0.2, 0.25) is 0 Å². The Morgan fingerprint density at radius 3 is 2.52 bits per heavy atom. The molecule has 2 aromatic rings. The van der Waals surface area contributed by atoms with Crippen molar-refractivity contribution in [3.05, 3.63) is 52.8 Å².